The number of ether oxygens (including phenoxy) is 2. The molecule has 1 aliphatic heterocycles. The summed E-state index contributed by atoms with van der Waals surface area (Å²) in [4.78, 5) is 13.7. The summed E-state index contributed by atoms with van der Waals surface area (Å²) in [5.41, 5.74) is 5.65. The fourth-order valence-corrected chi connectivity index (χ4v) is 1.90. The van der Waals surface area contributed by atoms with Crippen LogP contribution in [0, 0.1) is 0 Å². The van der Waals surface area contributed by atoms with Gasteiger partial charge in [0, 0.05) is 26.2 Å². The van der Waals surface area contributed by atoms with Crippen molar-refractivity contribution in [3.63, 3.8) is 0 Å². The third kappa shape index (κ3) is 4.85. The van der Waals surface area contributed by atoms with Crippen molar-refractivity contribution in [1.29, 1.82) is 0 Å². The third-order valence-corrected chi connectivity index (χ3v) is 2.72. The maximum atomic E-state index is 11.7. The minimum absolute atomic E-state index is 0.147. The first-order valence-electron chi connectivity index (χ1n) is 5.96. The Morgan fingerprint density at radius 1 is 1.65 bits per heavy atom. The van der Waals surface area contributed by atoms with E-state index in [0.29, 0.717) is 19.7 Å². The third-order valence-electron chi connectivity index (χ3n) is 2.72. The molecule has 0 amide bonds. The highest BCUT2D eigenvalue weighted by Gasteiger charge is 2.21. The van der Waals surface area contributed by atoms with E-state index < -0.39 is 0 Å². The number of nitrogens with two attached hydrogens (primary N) is 1. The zero-order valence-corrected chi connectivity index (χ0v) is 10.6. The van der Waals surface area contributed by atoms with Gasteiger partial charge in [0.1, 0.15) is 6.10 Å². The van der Waals surface area contributed by atoms with Crippen LogP contribution in [-0.4, -0.2) is 56.4 Å². The summed E-state index contributed by atoms with van der Waals surface area (Å²) in [5, 5.41) is 0. The summed E-state index contributed by atoms with van der Waals surface area (Å²) in [6.45, 7) is 3.91. The Hall–Kier alpha value is -0.910. The number of esters is 1. The van der Waals surface area contributed by atoms with Gasteiger partial charge >= 0.3 is 5.97 Å². The van der Waals surface area contributed by atoms with Gasteiger partial charge < -0.3 is 15.2 Å². The highest BCUT2D eigenvalue weighted by atomic mass is 16.6. The van der Waals surface area contributed by atoms with Crippen LogP contribution in [0.1, 0.15) is 13.3 Å². The Morgan fingerprint density at radius 3 is 3.06 bits per heavy atom. The molecule has 1 aliphatic rings. The van der Waals surface area contributed by atoms with Crippen LogP contribution < -0.4 is 5.73 Å². The van der Waals surface area contributed by atoms with E-state index in [0.717, 1.165) is 13.0 Å². The molecule has 0 aromatic heterocycles. The second kappa shape index (κ2) is 7.42. The van der Waals surface area contributed by atoms with Crippen LogP contribution in [0.2, 0.25) is 0 Å². The second-order valence-electron chi connectivity index (χ2n) is 4.25. The van der Waals surface area contributed by atoms with E-state index in [2.05, 4.69) is 12.2 Å². The Labute approximate surface area is 103 Å². The van der Waals surface area contributed by atoms with Crippen molar-refractivity contribution in [2.75, 3.05) is 33.4 Å². The molecule has 0 aromatic carbocycles. The van der Waals surface area contributed by atoms with E-state index in [1.807, 2.05) is 11.8 Å². The summed E-state index contributed by atoms with van der Waals surface area (Å²) >= 11 is 0. The van der Waals surface area contributed by atoms with Crippen LogP contribution in [-0.2, 0) is 14.3 Å². The van der Waals surface area contributed by atoms with Gasteiger partial charge in [0.15, 0.2) is 0 Å². The highest BCUT2D eigenvalue weighted by molar-refractivity contribution is 5.72. The summed E-state index contributed by atoms with van der Waals surface area (Å²) in [6, 6.07) is 0.147. The Balaban J connectivity index is 2.37. The molecule has 0 fully saturated rings. The van der Waals surface area contributed by atoms with E-state index in [4.69, 9.17) is 15.2 Å². The van der Waals surface area contributed by atoms with E-state index >= 15 is 0 Å². The molecule has 2 unspecified atom stereocenters. The predicted molar refractivity (Wildman–Crippen MR) is 65.6 cm³/mol. The minimum atomic E-state index is -0.219. The first-order chi connectivity index (χ1) is 8.17. The molecular formula is C12H22N2O3. The lowest BCUT2D eigenvalue weighted by molar-refractivity contribution is -0.152. The van der Waals surface area contributed by atoms with Gasteiger partial charge in [0.25, 0.3) is 0 Å². The molecule has 5 nitrogen and oxygen atoms in total. The number of rotatable bonds is 6. The Bertz CT molecular complexity index is 268. The number of carbonyl (C=O) groups excluding carboxylic acids is 1. The zero-order valence-electron chi connectivity index (χ0n) is 10.6. The molecule has 0 radical (unpaired) electrons. The zero-order chi connectivity index (χ0) is 12.7. The molecule has 0 aliphatic carbocycles. The van der Waals surface area contributed by atoms with Crippen LogP contribution in [0.25, 0.3) is 0 Å². The molecule has 2 atom stereocenters. The fraction of sp³-hybridized carbons (Fsp3) is 0.750. The summed E-state index contributed by atoms with van der Waals surface area (Å²) in [7, 11) is 1.59. The van der Waals surface area contributed by atoms with Crippen molar-refractivity contribution >= 4 is 5.97 Å². The molecule has 0 spiro atoms. The van der Waals surface area contributed by atoms with Crippen molar-refractivity contribution < 1.29 is 14.3 Å². The molecule has 0 aromatic rings. The molecule has 5 heteroatoms. The van der Waals surface area contributed by atoms with Gasteiger partial charge in [-0.15, -0.1) is 0 Å². The number of carbonyl (C=O) groups is 1. The average Bonchev–Trinajstić information content (AvgIpc) is 2.29. The topological polar surface area (TPSA) is 64.8 Å². The molecule has 1 rings (SSSR count). The standard InChI is InChI=1S/C12H22N2O3/c1-10(9-16-2)17-12(15)8-14-6-4-3-5-11(14)7-13/h3,5,10-11H,4,6-9,13H2,1-2H3. The number of methoxy groups -OCH3 is 1. The molecule has 2 N–H and O–H groups in total. The van der Waals surface area contributed by atoms with E-state index in [9.17, 15) is 4.79 Å². The van der Waals surface area contributed by atoms with Crippen LogP contribution in [0.5, 0.6) is 0 Å². The Kier molecular flexibility index (Phi) is 6.18. The maximum absolute atomic E-state index is 11.7. The van der Waals surface area contributed by atoms with Crippen LogP contribution in [0.4, 0.5) is 0 Å². The SMILES string of the molecule is COCC(C)OC(=O)CN1CCC=CC1CN. The van der Waals surface area contributed by atoms with Crippen molar-refractivity contribution in [2.45, 2.75) is 25.5 Å². The number of hydrogen-bond acceptors (Lipinski definition) is 5. The van der Waals surface area contributed by atoms with Gasteiger partial charge in [-0.25, -0.2) is 0 Å². The van der Waals surface area contributed by atoms with Crippen molar-refractivity contribution in [2.24, 2.45) is 5.73 Å². The van der Waals surface area contributed by atoms with E-state index in [1.165, 1.54) is 0 Å². The normalized spacial score (nSPS) is 22.4. The summed E-state index contributed by atoms with van der Waals surface area (Å²) in [6.07, 6.45) is 4.91. The van der Waals surface area contributed by atoms with Gasteiger partial charge in [-0.05, 0) is 13.3 Å². The van der Waals surface area contributed by atoms with E-state index in [-0.39, 0.29) is 18.1 Å². The molecule has 17 heavy (non-hydrogen) atoms. The fourth-order valence-electron chi connectivity index (χ4n) is 1.90. The first-order valence-corrected chi connectivity index (χ1v) is 5.96. The van der Waals surface area contributed by atoms with Gasteiger partial charge in [-0.3, -0.25) is 9.69 Å². The molecule has 0 bridgehead atoms. The largest absolute Gasteiger partial charge is 0.459 e. The lowest BCUT2D eigenvalue weighted by Gasteiger charge is -2.30. The quantitative estimate of drug-likeness (QED) is 0.531. The maximum Gasteiger partial charge on any atom is 0.320 e. The molecule has 98 valence electrons. The monoisotopic (exact) mass is 242 g/mol. The van der Waals surface area contributed by atoms with Crippen LogP contribution in [0.15, 0.2) is 12.2 Å². The van der Waals surface area contributed by atoms with E-state index in [1.54, 1.807) is 7.11 Å². The van der Waals surface area contributed by atoms with Gasteiger partial charge in [0.05, 0.1) is 13.2 Å². The average molecular weight is 242 g/mol. The van der Waals surface area contributed by atoms with Gasteiger partial charge in [-0.2, -0.15) is 0 Å². The molecule has 0 saturated carbocycles. The molecular weight excluding hydrogens is 220 g/mol. The molecule has 1 heterocycles. The van der Waals surface area contributed by atoms with Crippen LogP contribution in [0.3, 0.4) is 0 Å². The minimum Gasteiger partial charge on any atom is -0.459 e. The molecule has 0 saturated heterocycles. The lowest BCUT2D eigenvalue weighted by Crippen LogP contribution is -2.45. The summed E-state index contributed by atoms with van der Waals surface area (Å²) < 4.78 is 10.1. The summed E-state index contributed by atoms with van der Waals surface area (Å²) in [5.74, 6) is -0.219. The Morgan fingerprint density at radius 2 is 2.41 bits per heavy atom. The van der Waals surface area contributed by atoms with Gasteiger partial charge in [0.2, 0.25) is 0 Å². The van der Waals surface area contributed by atoms with Gasteiger partial charge in [-0.1, -0.05) is 12.2 Å². The lowest BCUT2D eigenvalue weighted by atomic mass is 10.1. The smallest absolute Gasteiger partial charge is 0.320 e. The first kappa shape index (κ1) is 14.2. The van der Waals surface area contributed by atoms with Crippen molar-refractivity contribution in [3.8, 4) is 0 Å². The number of hydrogen-bond donors (Lipinski definition) is 1. The van der Waals surface area contributed by atoms with Crippen molar-refractivity contribution in [3.05, 3.63) is 12.2 Å². The number of nitrogens with zero attached hydrogens (tertiary/aromatic N) is 1. The predicted octanol–water partition coefficient (Wildman–Crippen LogP) is 0.154. The van der Waals surface area contributed by atoms with Crippen molar-refractivity contribution in [1.82, 2.24) is 4.90 Å². The highest BCUT2D eigenvalue weighted by Crippen LogP contribution is 2.09. The van der Waals surface area contributed by atoms with Crippen LogP contribution >= 0.6 is 0 Å². The second-order valence-corrected chi connectivity index (χ2v) is 4.25.